The summed E-state index contributed by atoms with van der Waals surface area (Å²) in [5.74, 6) is 0.663. The Morgan fingerprint density at radius 3 is 2.21 bits per heavy atom. The van der Waals surface area contributed by atoms with Gasteiger partial charge in [-0.05, 0) is 33.5 Å². The Hall–Kier alpha value is -4.11. The van der Waals surface area contributed by atoms with Gasteiger partial charge in [-0.25, -0.2) is 14.5 Å². The van der Waals surface area contributed by atoms with Gasteiger partial charge < -0.3 is 4.43 Å². The maximum Gasteiger partial charge on any atom is 0.282 e. The van der Waals surface area contributed by atoms with E-state index in [-0.39, 0.29) is 11.3 Å². The smallest absolute Gasteiger partial charge is 0.282 e. The summed E-state index contributed by atoms with van der Waals surface area (Å²) < 4.78 is 10.3. The first-order chi connectivity index (χ1) is 20.7. The minimum atomic E-state index is -1.48. The average Bonchev–Trinajstić information content (AvgIpc) is 3.64. The molecule has 0 fully saturated rings. The molecule has 6 aromatic rings. The zero-order chi connectivity index (χ0) is 30.1. The largest absolute Gasteiger partial charge is 0.407 e. The highest BCUT2D eigenvalue weighted by molar-refractivity contribution is 6.80. The molecule has 0 unspecified atom stereocenters. The van der Waals surface area contributed by atoms with E-state index in [0.717, 1.165) is 22.5 Å². The predicted octanol–water partition coefficient (Wildman–Crippen LogP) is 6.07. The molecule has 43 heavy (non-hydrogen) atoms. The molecule has 3 heterocycles. The number of fused-ring (bicyclic) bond motifs is 1. The highest BCUT2D eigenvalue weighted by Crippen LogP contribution is 2.28. The second-order valence-electron chi connectivity index (χ2n) is 11.9. The highest BCUT2D eigenvalue weighted by Gasteiger charge is 2.24. The van der Waals surface area contributed by atoms with Gasteiger partial charge in [0.05, 0.1) is 18.1 Å². The first-order valence-corrected chi connectivity index (χ1v) is 16.1. The quantitative estimate of drug-likeness (QED) is 0.197. The number of benzene rings is 3. The zero-order valence-electron chi connectivity index (χ0n) is 25.0. The molecule has 9 heteroatoms. The van der Waals surface area contributed by atoms with Crippen LogP contribution in [0.15, 0.2) is 97.5 Å². The van der Waals surface area contributed by atoms with Gasteiger partial charge in [-0.15, -0.1) is 0 Å². The summed E-state index contributed by atoms with van der Waals surface area (Å²) in [4.78, 5) is 9.96. The fourth-order valence-corrected chi connectivity index (χ4v) is 7.11. The van der Waals surface area contributed by atoms with Crippen molar-refractivity contribution in [3.63, 3.8) is 0 Å². The Labute approximate surface area is 258 Å². The van der Waals surface area contributed by atoms with Crippen molar-refractivity contribution in [2.45, 2.75) is 39.0 Å². The van der Waals surface area contributed by atoms with E-state index in [0.29, 0.717) is 23.1 Å². The Morgan fingerprint density at radius 2 is 1.56 bits per heavy atom. The molecular weight excluding hydrogens is 572 g/mol. The molecule has 3 aromatic carbocycles. The minimum Gasteiger partial charge on any atom is -0.407 e. The predicted molar refractivity (Wildman–Crippen MR) is 174 cm³/mol. The average molecular weight is 606 g/mol. The van der Waals surface area contributed by atoms with Gasteiger partial charge in [0.25, 0.3) is 9.04 Å². The van der Waals surface area contributed by atoms with E-state index in [1.807, 2.05) is 54.3 Å². The van der Waals surface area contributed by atoms with E-state index in [1.54, 1.807) is 10.9 Å². The minimum absolute atomic E-state index is 0.0433. The summed E-state index contributed by atoms with van der Waals surface area (Å²) in [5, 5.41) is 12.4. The summed E-state index contributed by atoms with van der Waals surface area (Å²) >= 11 is 6.15. The molecule has 217 valence electrons. The summed E-state index contributed by atoms with van der Waals surface area (Å²) in [6.07, 6.45) is 5.65. The van der Waals surface area contributed by atoms with E-state index in [4.69, 9.17) is 31.1 Å². The molecule has 0 N–H and O–H groups in total. The lowest BCUT2D eigenvalue weighted by atomic mass is 9.87. The molecule has 0 spiro atoms. The van der Waals surface area contributed by atoms with Crippen molar-refractivity contribution in [2.75, 3.05) is 6.61 Å². The molecule has 7 nitrogen and oxygen atoms in total. The Balaban J connectivity index is 1.32. The number of hydrogen-bond acceptors (Lipinski definition) is 5. The Kier molecular flexibility index (Phi) is 8.00. The normalized spacial score (nSPS) is 12.7. The molecule has 0 amide bonds. The van der Waals surface area contributed by atoms with Crippen molar-refractivity contribution in [1.29, 1.82) is 0 Å². The molecule has 1 radical (unpaired) electrons. The van der Waals surface area contributed by atoms with Gasteiger partial charge in [-0.3, -0.25) is 4.68 Å². The number of nitrogens with zero attached hydrogens (tertiary/aromatic N) is 6. The third-order valence-corrected chi connectivity index (χ3v) is 9.84. The van der Waals surface area contributed by atoms with E-state index in [9.17, 15) is 0 Å². The molecule has 0 aliphatic carbocycles. The SMILES string of the molecule is C[C@@H](CO[Si](c1ccccc1)c1ccc(C(C)(C)C)cc1)c1nc2c(-c3cnn(C)c3)nc(-c3ccc(Cl)cc3)cn2n1. The van der Waals surface area contributed by atoms with Crippen LogP contribution in [0.5, 0.6) is 0 Å². The number of hydrogen-bond donors (Lipinski definition) is 0. The van der Waals surface area contributed by atoms with Crippen LogP contribution in [-0.4, -0.2) is 45.0 Å². The van der Waals surface area contributed by atoms with Crippen LogP contribution < -0.4 is 10.4 Å². The molecule has 0 aliphatic heterocycles. The van der Waals surface area contributed by atoms with E-state index < -0.39 is 9.04 Å². The number of aromatic nitrogens is 6. The lowest BCUT2D eigenvalue weighted by Crippen LogP contribution is -2.45. The fourth-order valence-electron chi connectivity index (χ4n) is 4.94. The lowest BCUT2D eigenvalue weighted by molar-refractivity contribution is 0.304. The van der Waals surface area contributed by atoms with Gasteiger partial charge in [0.2, 0.25) is 0 Å². The van der Waals surface area contributed by atoms with Gasteiger partial charge in [-0.2, -0.15) is 10.2 Å². The maximum atomic E-state index is 6.75. The van der Waals surface area contributed by atoms with Gasteiger partial charge in [0.1, 0.15) is 5.69 Å². The molecule has 0 saturated heterocycles. The van der Waals surface area contributed by atoms with Crippen LogP contribution in [0.2, 0.25) is 5.02 Å². The van der Waals surface area contributed by atoms with Crippen molar-refractivity contribution in [2.24, 2.45) is 7.05 Å². The molecule has 0 bridgehead atoms. The monoisotopic (exact) mass is 605 g/mol. The summed E-state index contributed by atoms with van der Waals surface area (Å²) in [7, 11) is 0.407. The summed E-state index contributed by atoms with van der Waals surface area (Å²) in [6.45, 7) is 9.30. The maximum absolute atomic E-state index is 6.75. The zero-order valence-corrected chi connectivity index (χ0v) is 26.7. The second kappa shape index (κ2) is 11.9. The third kappa shape index (κ3) is 6.32. The van der Waals surface area contributed by atoms with Crippen LogP contribution in [0.1, 0.15) is 45.0 Å². The summed E-state index contributed by atoms with van der Waals surface area (Å²) in [5.41, 5.74) is 5.40. The van der Waals surface area contributed by atoms with Crippen molar-refractivity contribution in [3.8, 4) is 22.5 Å². The van der Waals surface area contributed by atoms with Crippen LogP contribution >= 0.6 is 11.6 Å². The van der Waals surface area contributed by atoms with Gasteiger partial charge in [0, 0.05) is 41.9 Å². The van der Waals surface area contributed by atoms with Crippen molar-refractivity contribution < 1.29 is 4.43 Å². The number of aryl methyl sites for hydroxylation is 1. The number of halogens is 1. The van der Waals surface area contributed by atoms with Crippen molar-refractivity contribution in [1.82, 2.24) is 29.4 Å². The molecule has 0 saturated carbocycles. The third-order valence-electron chi connectivity index (χ3n) is 7.42. The molecular formula is C34H34ClN6OSi. The van der Waals surface area contributed by atoms with Crippen LogP contribution in [0.3, 0.4) is 0 Å². The Bertz CT molecular complexity index is 1840. The Morgan fingerprint density at radius 1 is 0.860 bits per heavy atom. The number of rotatable bonds is 8. The molecule has 1 atom stereocenters. The van der Waals surface area contributed by atoms with Crippen molar-refractivity contribution >= 4 is 36.7 Å². The highest BCUT2D eigenvalue weighted by atomic mass is 35.5. The topological polar surface area (TPSA) is 70.1 Å². The first kappa shape index (κ1) is 29.0. The second-order valence-corrected chi connectivity index (χ2v) is 14.4. The van der Waals surface area contributed by atoms with Crippen molar-refractivity contribution in [3.05, 3.63) is 114 Å². The van der Waals surface area contributed by atoms with E-state index >= 15 is 0 Å². The fraction of sp³-hybridized carbons (Fsp3) is 0.235. The standard InChI is InChI=1S/C34H34ClN6OSi/c1-23(22-42-43(28-9-7-6-8-10-28)29-17-13-26(14-18-29)34(2,3)4)32-38-33-31(25-19-36-40(5)20-25)37-30(21-41(33)39-32)24-11-15-27(35)16-12-24/h6-21,23H,22H2,1-5H3/t23-/m0/s1. The van der Waals surface area contributed by atoms with Crippen LogP contribution in [0, 0.1) is 0 Å². The first-order valence-electron chi connectivity index (χ1n) is 14.3. The van der Waals surface area contributed by atoms with Gasteiger partial charge in [0.15, 0.2) is 11.5 Å². The van der Waals surface area contributed by atoms with E-state index in [2.05, 4.69) is 81.3 Å². The van der Waals surface area contributed by atoms with Crippen LogP contribution in [0.25, 0.3) is 28.2 Å². The summed E-state index contributed by atoms with van der Waals surface area (Å²) in [6, 6.07) is 27.0. The van der Waals surface area contributed by atoms with E-state index in [1.165, 1.54) is 15.9 Å². The molecule has 3 aromatic heterocycles. The van der Waals surface area contributed by atoms with Crippen LogP contribution in [0.4, 0.5) is 0 Å². The van der Waals surface area contributed by atoms with Gasteiger partial charge in [-0.1, -0.05) is 106 Å². The van der Waals surface area contributed by atoms with Crippen LogP contribution in [-0.2, 0) is 16.9 Å². The molecule has 0 aliphatic rings. The van der Waals surface area contributed by atoms with Gasteiger partial charge >= 0.3 is 0 Å². The lowest BCUT2D eigenvalue weighted by Gasteiger charge is -2.21. The molecule has 6 rings (SSSR count).